The summed E-state index contributed by atoms with van der Waals surface area (Å²) in [5, 5.41) is 0. The number of para-hydroxylation sites is 3. The average molecular weight is 453 g/mol. The zero-order valence-corrected chi connectivity index (χ0v) is 18.4. The molecule has 158 valence electrons. The minimum atomic E-state index is -4.02. The van der Waals surface area contributed by atoms with Crippen molar-refractivity contribution in [3.63, 3.8) is 0 Å². The molecule has 4 nitrogen and oxygen atoms in total. The van der Waals surface area contributed by atoms with E-state index in [0.717, 1.165) is 11.1 Å². The largest absolute Gasteiger partial charge is 0.647 e. The summed E-state index contributed by atoms with van der Waals surface area (Å²) in [6.07, 6.45) is 0.633. The molecule has 0 fully saturated rings. The zero-order chi connectivity index (χ0) is 20.7. The Morgan fingerprint density at radius 3 is 1.55 bits per heavy atom. The Hall–Kier alpha value is -3.20. The highest BCUT2D eigenvalue weighted by atomic mass is 35.5. The van der Waals surface area contributed by atoms with Gasteiger partial charge in [0.05, 0.1) is 0 Å². The van der Waals surface area contributed by atoms with Gasteiger partial charge in [0.25, 0.3) is 0 Å². The van der Waals surface area contributed by atoms with Gasteiger partial charge in [0.2, 0.25) is 0 Å². The highest BCUT2D eigenvalue weighted by Gasteiger charge is 2.33. The van der Waals surface area contributed by atoms with Crippen LogP contribution in [0.3, 0.4) is 0 Å². The molecule has 0 heterocycles. The molecule has 0 saturated heterocycles. The molecule has 6 heteroatoms. The van der Waals surface area contributed by atoms with Crippen LogP contribution in [0.4, 0.5) is 0 Å². The first-order valence-corrected chi connectivity index (χ1v) is 11.1. The summed E-state index contributed by atoms with van der Waals surface area (Å²) in [6.45, 7) is 0. The summed E-state index contributed by atoms with van der Waals surface area (Å²) < 4.78 is 31.0. The van der Waals surface area contributed by atoms with Gasteiger partial charge in [-0.3, -0.25) is 0 Å². The number of hydrogen-bond donors (Lipinski definition) is 0. The summed E-state index contributed by atoms with van der Waals surface area (Å²) in [7, 11) is -4.02. The molecule has 0 aliphatic heterocycles. The summed E-state index contributed by atoms with van der Waals surface area (Å²) in [6, 6.07) is 35.2. The average Bonchev–Trinajstić information content (AvgIpc) is 2.77. The molecule has 0 radical (unpaired) electrons. The second-order valence-corrected chi connectivity index (χ2v) is 8.06. The fourth-order valence-electron chi connectivity index (χ4n) is 2.95. The first-order chi connectivity index (χ1) is 14.7. The van der Waals surface area contributed by atoms with E-state index in [1.807, 2.05) is 60.7 Å². The molecule has 4 aromatic rings. The van der Waals surface area contributed by atoms with Crippen molar-refractivity contribution >= 4 is 20.2 Å². The molecule has 31 heavy (non-hydrogen) atoms. The lowest BCUT2D eigenvalue weighted by Gasteiger charge is -2.21. The maximum atomic E-state index is 13.7. The molecule has 4 aromatic carbocycles. The topological polar surface area (TPSA) is 44.8 Å². The second-order valence-electron chi connectivity index (χ2n) is 6.62. The predicted molar refractivity (Wildman–Crippen MR) is 125 cm³/mol. The van der Waals surface area contributed by atoms with E-state index in [1.165, 1.54) is 0 Å². The third-order valence-electron chi connectivity index (χ3n) is 4.34. The molecule has 0 spiro atoms. The molecule has 0 aromatic heterocycles. The van der Waals surface area contributed by atoms with Gasteiger partial charge in [0.15, 0.2) is 0 Å². The van der Waals surface area contributed by atoms with Crippen molar-refractivity contribution in [2.75, 3.05) is 0 Å². The lowest BCUT2D eigenvalue weighted by Crippen LogP contribution is -2.08. The first kappa shape index (κ1) is 22.5. The Morgan fingerprint density at radius 1 is 0.548 bits per heavy atom. The SMILES string of the molecule is Cl.O=P(Oc1ccccc1)(Oc1ccccc1)Oc1ccccc1Cc1ccccc1. The van der Waals surface area contributed by atoms with Crippen LogP contribution >= 0.6 is 20.2 Å². The highest BCUT2D eigenvalue weighted by Crippen LogP contribution is 2.50. The molecule has 4 rings (SSSR count). The quantitative estimate of drug-likeness (QED) is 0.262. The molecular weight excluding hydrogens is 431 g/mol. The van der Waals surface area contributed by atoms with Crippen molar-refractivity contribution in [2.24, 2.45) is 0 Å². The number of phosphoric ester groups is 1. The van der Waals surface area contributed by atoms with Crippen molar-refractivity contribution < 1.29 is 18.1 Å². The van der Waals surface area contributed by atoms with E-state index < -0.39 is 7.82 Å². The van der Waals surface area contributed by atoms with Gasteiger partial charge in [0, 0.05) is 6.42 Å². The third kappa shape index (κ3) is 6.39. The molecule has 0 N–H and O–H groups in total. The maximum Gasteiger partial charge on any atom is 0.647 e. The van der Waals surface area contributed by atoms with Crippen LogP contribution in [0.5, 0.6) is 17.2 Å². The van der Waals surface area contributed by atoms with Crippen LogP contribution in [-0.4, -0.2) is 0 Å². The van der Waals surface area contributed by atoms with Crippen LogP contribution in [0.15, 0.2) is 115 Å². The van der Waals surface area contributed by atoms with Crippen LogP contribution in [0, 0.1) is 0 Å². The minimum absolute atomic E-state index is 0. The van der Waals surface area contributed by atoms with Crippen molar-refractivity contribution in [3.8, 4) is 17.2 Å². The lowest BCUT2D eigenvalue weighted by atomic mass is 10.0. The van der Waals surface area contributed by atoms with Crippen LogP contribution in [-0.2, 0) is 11.0 Å². The fourth-order valence-corrected chi connectivity index (χ4v) is 4.24. The number of benzene rings is 4. The minimum Gasteiger partial charge on any atom is -0.386 e. The van der Waals surface area contributed by atoms with Crippen LogP contribution < -0.4 is 13.6 Å². The maximum absolute atomic E-state index is 13.7. The normalized spacial score (nSPS) is 10.6. The Balaban J connectivity index is 0.00000272. The van der Waals surface area contributed by atoms with Gasteiger partial charge in [-0.15, -0.1) is 12.4 Å². The Morgan fingerprint density at radius 2 is 1.00 bits per heavy atom. The summed E-state index contributed by atoms with van der Waals surface area (Å²) >= 11 is 0. The standard InChI is InChI=1S/C25H21O4P.ClH/c26-30(27-23-15-6-2-7-16-23,28-24-17-8-3-9-18-24)29-25-19-11-10-14-22(25)20-21-12-4-1-5-13-21;/h1-19H,20H2;1H. The predicted octanol–water partition coefficient (Wildman–Crippen LogP) is 7.34. The molecule has 0 saturated carbocycles. The molecule has 0 atom stereocenters. The van der Waals surface area contributed by atoms with E-state index in [0.29, 0.717) is 23.7 Å². The molecule has 0 aliphatic carbocycles. The van der Waals surface area contributed by atoms with Crippen molar-refractivity contribution in [2.45, 2.75) is 6.42 Å². The molecule has 0 amide bonds. The second kappa shape index (κ2) is 10.7. The van der Waals surface area contributed by atoms with Crippen LogP contribution in [0.1, 0.15) is 11.1 Å². The van der Waals surface area contributed by atoms with Gasteiger partial charge in [-0.25, -0.2) is 0 Å². The highest BCUT2D eigenvalue weighted by molar-refractivity contribution is 7.49. The van der Waals surface area contributed by atoms with Gasteiger partial charge >= 0.3 is 7.82 Å². The van der Waals surface area contributed by atoms with Crippen LogP contribution in [0.2, 0.25) is 0 Å². The van der Waals surface area contributed by atoms with E-state index in [2.05, 4.69) is 0 Å². The smallest absolute Gasteiger partial charge is 0.386 e. The van der Waals surface area contributed by atoms with Crippen molar-refractivity contribution in [3.05, 3.63) is 126 Å². The Kier molecular flexibility index (Phi) is 7.77. The number of rotatable bonds is 8. The summed E-state index contributed by atoms with van der Waals surface area (Å²) in [5.74, 6) is 1.26. The molecule has 0 unspecified atom stereocenters. The van der Waals surface area contributed by atoms with Crippen molar-refractivity contribution in [1.82, 2.24) is 0 Å². The number of halogens is 1. The zero-order valence-electron chi connectivity index (χ0n) is 16.7. The van der Waals surface area contributed by atoms with E-state index in [9.17, 15) is 4.57 Å². The van der Waals surface area contributed by atoms with Crippen LogP contribution in [0.25, 0.3) is 0 Å². The van der Waals surface area contributed by atoms with E-state index >= 15 is 0 Å². The van der Waals surface area contributed by atoms with Gasteiger partial charge in [0.1, 0.15) is 17.2 Å². The lowest BCUT2D eigenvalue weighted by molar-refractivity contribution is 0.297. The van der Waals surface area contributed by atoms with E-state index in [-0.39, 0.29) is 12.4 Å². The van der Waals surface area contributed by atoms with Gasteiger partial charge < -0.3 is 13.6 Å². The molecule has 0 aliphatic rings. The summed E-state index contributed by atoms with van der Waals surface area (Å²) in [4.78, 5) is 0. The number of phosphoric acid groups is 1. The fraction of sp³-hybridized carbons (Fsp3) is 0.0400. The Labute approximate surface area is 188 Å². The van der Waals surface area contributed by atoms with Gasteiger partial charge in [-0.1, -0.05) is 84.9 Å². The van der Waals surface area contributed by atoms with E-state index in [1.54, 1.807) is 54.6 Å². The van der Waals surface area contributed by atoms with Crippen molar-refractivity contribution in [1.29, 1.82) is 0 Å². The monoisotopic (exact) mass is 452 g/mol. The first-order valence-electron chi connectivity index (χ1n) is 9.61. The van der Waals surface area contributed by atoms with E-state index in [4.69, 9.17) is 13.6 Å². The third-order valence-corrected chi connectivity index (χ3v) is 5.63. The molecule has 0 bridgehead atoms. The van der Waals surface area contributed by atoms with Gasteiger partial charge in [-0.05, 0) is 41.5 Å². The Bertz CT molecular complexity index is 1080. The van der Waals surface area contributed by atoms with Gasteiger partial charge in [-0.2, -0.15) is 4.57 Å². The number of hydrogen-bond acceptors (Lipinski definition) is 4. The summed E-state index contributed by atoms with van der Waals surface area (Å²) in [5.41, 5.74) is 2.01. The molecular formula is C25H22ClO4P.